The quantitative estimate of drug-likeness (QED) is 0.830. The zero-order valence-corrected chi connectivity index (χ0v) is 12.9. The van der Waals surface area contributed by atoms with E-state index in [0.717, 1.165) is 12.8 Å². The predicted molar refractivity (Wildman–Crippen MR) is 76.2 cm³/mol. The van der Waals surface area contributed by atoms with Crippen molar-refractivity contribution in [2.75, 3.05) is 6.61 Å². The van der Waals surface area contributed by atoms with Crippen LogP contribution in [0.5, 0.6) is 0 Å². The molecule has 114 valence electrons. The SMILES string of the molecule is CCOC1CC(N2C(=O)C(C)(CC)NC(=O)C2CC)C1. The second-order valence-corrected chi connectivity index (χ2v) is 6.01. The average Bonchev–Trinajstić information content (AvgIpc) is 2.38. The number of hydrogen-bond donors (Lipinski definition) is 1. The molecule has 2 rings (SSSR count). The molecule has 0 aromatic rings. The Bertz CT molecular complexity index is 393. The molecular weight excluding hydrogens is 256 g/mol. The number of hydrogen-bond acceptors (Lipinski definition) is 3. The van der Waals surface area contributed by atoms with Gasteiger partial charge in [-0.05, 0) is 39.5 Å². The van der Waals surface area contributed by atoms with Gasteiger partial charge in [-0.1, -0.05) is 13.8 Å². The minimum absolute atomic E-state index is 0.0173. The van der Waals surface area contributed by atoms with Crippen LogP contribution in [0.15, 0.2) is 0 Å². The van der Waals surface area contributed by atoms with Gasteiger partial charge in [-0.25, -0.2) is 0 Å². The number of carbonyl (C=O) groups excluding carboxylic acids is 2. The molecule has 2 fully saturated rings. The summed E-state index contributed by atoms with van der Waals surface area (Å²) in [6, 6.07) is -0.171. The Hall–Kier alpha value is -1.10. The molecule has 0 spiro atoms. The number of rotatable bonds is 5. The van der Waals surface area contributed by atoms with Crippen LogP contribution in [0.2, 0.25) is 0 Å². The van der Waals surface area contributed by atoms with Gasteiger partial charge in [0.15, 0.2) is 0 Å². The molecule has 1 aliphatic carbocycles. The molecular formula is C15H26N2O3. The molecule has 0 radical (unpaired) electrons. The van der Waals surface area contributed by atoms with Crippen LogP contribution in [0.3, 0.4) is 0 Å². The van der Waals surface area contributed by atoms with E-state index in [0.29, 0.717) is 19.4 Å². The Morgan fingerprint density at radius 1 is 1.30 bits per heavy atom. The summed E-state index contributed by atoms with van der Waals surface area (Å²) in [4.78, 5) is 26.9. The van der Waals surface area contributed by atoms with Crippen LogP contribution < -0.4 is 5.32 Å². The van der Waals surface area contributed by atoms with Crippen molar-refractivity contribution in [3.8, 4) is 0 Å². The number of nitrogens with zero attached hydrogens (tertiary/aromatic N) is 1. The van der Waals surface area contributed by atoms with E-state index in [-0.39, 0.29) is 30.0 Å². The molecule has 5 heteroatoms. The Kier molecular flexibility index (Phi) is 4.37. The van der Waals surface area contributed by atoms with Gasteiger partial charge < -0.3 is 15.0 Å². The number of nitrogens with one attached hydrogen (secondary N) is 1. The summed E-state index contributed by atoms with van der Waals surface area (Å²) in [5.41, 5.74) is -0.751. The van der Waals surface area contributed by atoms with Crippen molar-refractivity contribution >= 4 is 11.8 Å². The van der Waals surface area contributed by atoms with Gasteiger partial charge in [-0.15, -0.1) is 0 Å². The Morgan fingerprint density at radius 2 is 1.95 bits per heavy atom. The van der Waals surface area contributed by atoms with Gasteiger partial charge in [0.1, 0.15) is 11.6 Å². The molecule has 1 saturated carbocycles. The third-order valence-electron chi connectivity index (χ3n) is 4.70. The van der Waals surface area contributed by atoms with E-state index in [1.165, 1.54) is 0 Å². The Labute approximate surface area is 121 Å². The van der Waals surface area contributed by atoms with Crippen LogP contribution in [0.1, 0.15) is 53.4 Å². The second-order valence-electron chi connectivity index (χ2n) is 6.01. The fourth-order valence-corrected chi connectivity index (χ4v) is 3.14. The first-order valence-corrected chi connectivity index (χ1v) is 7.73. The third kappa shape index (κ3) is 2.43. The van der Waals surface area contributed by atoms with E-state index in [1.807, 2.05) is 32.6 Å². The molecule has 1 saturated heterocycles. The molecule has 1 aliphatic heterocycles. The van der Waals surface area contributed by atoms with Gasteiger partial charge in [-0.3, -0.25) is 9.59 Å². The van der Waals surface area contributed by atoms with E-state index in [1.54, 1.807) is 0 Å². The van der Waals surface area contributed by atoms with E-state index in [2.05, 4.69) is 5.32 Å². The van der Waals surface area contributed by atoms with Gasteiger partial charge in [0, 0.05) is 12.6 Å². The predicted octanol–water partition coefficient (Wildman–Crippen LogP) is 1.46. The molecule has 0 aromatic carbocycles. The Morgan fingerprint density at radius 3 is 2.45 bits per heavy atom. The van der Waals surface area contributed by atoms with Crippen molar-refractivity contribution in [3.63, 3.8) is 0 Å². The fourth-order valence-electron chi connectivity index (χ4n) is 3.14. The lowest BCUT2D eigenvalue weighted by atomic mass is 9.82. The first kappa shape index (κ1) is 15.3. The maximum atomic E-state index is 12.8. The number of piperazine rings is 1. The molecule has 2 aliphatic rings. The summed E-state index contributed by atoms with van der Waals surface area (Å²) in [6.07, 6.45) is 3.22. The van der Waals surface area contributed by atoms with Gasteiger partial charge in [-0.2, -0.15) is 0 Å². The first-order chi connectivity index (χ1) is 9.46. The molecule has 0 bridgehead atoms. The highest BCUT2D eigenvalue weighted by Gasteiger charge is 2.51. The smallest absolute Gasteiger partial charge is 0.248 e. The third-order valence-corrected chi connectivity index (χ3v) is 4.70. The van der Waals surface area contributed by atoms with Crippen LogP contribution in [0.25, 0.3) is 0 Å². The van der Waals surface area contributed by atoms with Gasteiger partial charge >= 0.3 is 0 Å². The lowest BCUT2D eigenvalue weighted by Crippen LogP contribution is -2.72. The molecule has 1 heterocycles. The van der Waals surface area contributed by atoms with E-state index in [9.17, 15) is 9.59 Å². The summed E-state index contributed by atoms with van der Waals surface area (Å²) in [5.74, 6) is 0.0442. The maximum Gasteiger partial charge on any atom is 0.248 e. The lowest BCUT2D eigenvalue weighted by molar-refractivity contribution is -0.164. The summed E-state index contributed by atoms with van der Waals surface area (Å²) in [7, 11) is 0. The van der Waals surface area contributed by atoms with Crippen molar-refractivity contribution in [3.05, 3.63) is 0 Å². The number of carbonyl (C=O) groups is 2. The van der Waals surface area contributed by atoms with Crippen LogP contribution in [-0.4, -0.2) is 47.0 Å². The molecule has 5 nitrogen and oxygen atoms in total. The van der Waals surface area contributed by atoms with Crippen molar-refractivity contribution in [1.29, 1.82) is 0 Å². The number of amides is 2. The molecule has 2 amide bonds. The van der Waals surface area contributed by atoms with Crippen LogP contribution in [0, 0.1) is 0 Å². The minimum atomic E-state index is -0.751. The molecule has 2 unspecified atom stereocenters. The standard InChI is InChI=1S/C15H26N2O3/c1-5-12-13(18)16-15(4,6-2)14(19)17(12)10-8-11(9-10)20-7-3/h10-12H,5-9H2,1-4H3,(H,16,18). The topological polar surface area (TPSA) is 58.6 Å². The van der Waals surface area contributed by atoms with Crippen molar-refractivity contribution in [2.24, 2.45) is 0 Å². The number of ether oxygens (including phenoxy) is 1. The average molecular weight is 282 g/mol. The summed E-state index contributed by atoms with van der Waals surface area (Å²) in [6.45, 7) is 8.40. The molecule has 1 N–H and O–H groups in total. The molecule has 0 aromatic heterocycles. The normalized spacial score (nSPS) is 37.6. The Balaban J connectivity index is 2.14. The summed E-state index contributed by atoms with van der Waals surface area (Å²) in [5, 5.41) is 2.90. The lowest BCUT2D eigenvalue weighted by Gasteiger charge is -2.51. The van der Waals surface area contributed by atoms with Crippen LogP contribution >= 0.6 is 0 Å². The fraction of sp³-hybridized carbons (Fsp3) is 0.867. The van der Waals surface area contributed by atoms with Crippen molar-refractivity contribution in [2.45, 2.75) is 77.1 Å². The first-order valence-electron chi connectivity index (χ1n) is 7.73. The highest BCUT2D eigenvalue weighted by atomic mass is 16.5. The van der Waals surface area contributed by atoms with Crippen molar-refractivity contribution < 1.29 is 14.3 Å². The summed E-state index contributed by atoms with van der Waals surface area (Å²) >= 11 is 0. The minimum Gasteiger partial charge on any atom is -0.378 e. The molecule has 2 atom stereocenters. The van der Waals surface area contributed by atoms with Gasteiger partial charge in [0.05, 0.1) is 6.10 Å². The highest BCUT2D eigenvalue weighted by Crippen LogP contribution is 2.34. The van der Waals surface area contributed by atoms with Gasteiger partial charge in [0.2, 0.25) is 11.8 Å². The van der Waals surface area contributed by atoms with E-state index >= 15 is 0 Å². The molecule has 20 heavy (non-hydrogen) atoms. The van der Waals surface area contributed by atoms with Crippen LogP contribution in [0.4, 0.5) is 0 Å². The maximum absolute atomic E-state index is 12.8. The largest absolute Gasteiger partial charge is 0.378 e. The zero-order chi connectivity index (χ0) is 14.9. The van der Waals surface area contributed by atoms with Gasteiger partial charge in [0.25, 0.3) is 0 Å². The van der Waals surface area contributed by atoms with Crippen LogP contribution in [-0.2, 0) is 14.3 Å². The monoisotopic (exact) mass is 282 g/mol. The summed E-state index contributed by atoms with van der Waals surface area (Å²) < 4.78 is 5.57. The highest BCUT2D eigenvalue weighted by molar-refractivity contribution is 5.99. The second kappa shape index (κ2) is 5.72. The zero-order valence-electron chi connectivity index (χ0n) is 12.9. The van der Waals surface area contributed by atoms with E-state index < -0.39 is 5.54 Å². The van der Waals surface area contributed by atoms with E-state index in [4.69, 9.17) is 4.74 Å². The van der Waals surface area contributed by atoms with Crippen molar-refractivity contribution in [1.82, 2.24) is 10.2 Å².